The number of hydrogen-bond acceptors (Lipinski definition) is 4. The number of carbonyl (C=O) groups excluding carboxylic acids is 1. The molecule has 1 aromatic carbocycles. The van der Waals surface area contributed by atoms with Gasteiger partial charge in [0.05, 0.1) is 18.0 Å². The van der Waals surface area contributed by atoms with Crippen molar-refractivity contribution in [3.05, 3.63) is 47.4 Å². The molecule has 4 nitrogen and oxygen atoms in total. The van der Waals surface area contributed by atoms with E-state index in [9.17, 15) is 4.79 Å². The number of hydrogen-bond donors (Lipinski definition) is 0. The number of rotatable bonds is 10. The summed E-state index contributed by atoms with van der Waals surface area (Å²) >= 11 is 0. The Labute approximate surface area is 157 Å². The molecule has 0 saturated carbocycles. The zero-order chi connectivity index (χ0) is 18.8. The first-order valence-corrected chi connectivity index (χ1v) is 9.77. The molecule has 26 heavy (non-hydrogen) atoms. The Balaban J connectivity index is 2.21. The normalized spacial score (nSPS) is 10.7. The molecule has 0 aliphatic heterocycles. The first kappa shape index (κ1) is 20.1. The molecule has 0 unspecified atom stereocenters. The topological polar surface area (TPSA) is 52.1 Å². The summed E-state index contributed by atoms with van der Waals surface area (Å²) in [6, 6.07) is 9.81. The number of aromatic nitrogens is 2. The van der Waals surface area contributed by atoms with E-state index in [-0.39, 0.29) is 5.97 Å². The maximum absolute atomic E-state index is 12.4. The summed E-state index contributed by atoms with van der Waals surface area (Å²) in [4.78, 5) is 21.7. The van der Waals surface area contributed by atoms with E-state index in [1.54, 1.807) is 0 Å². The monoisotopic (exact) mass is 354 g/mol. The van der Waals surface area contributed by atoms with Crippen LogP contribution in [0, 0.1) is 6.92 Å². The van der Waals surface area contributed by atoms with Gasteiger partial charge in [-0.25, -0.2) is 14.8 Å². The summed E-state index contributed by atoms with van der Waals surface area (Å²) in [6.45, 7) is 6.24. The maximum atomic E-state index is 12.4. The molecule has 140 valence electrons. The van der Waals surface area contributed by atoms with E-state index in [1.165, 1.54) is 32.1 Å². The third-order valence-corrected chi connectivity index (χ3v) is 4.42. The van der Waals surface area contributed by atoms with Gasteiger partial charge in [0.15, 0.2) is 0 Å². The van der Waals surface area contributed by atoms with Crippen molar-refractivity contribution in [2.45, 2.75) is 65.7 Å². The first-order chi connectivity index (χ1) is 12.7. The van der Waals surface area contributed by atoms with Crippen molar-refractivity contribution in [1.29, 1.82) is 0 Å². The summed E-state index contributed by atoms with van der Waals surface area (Å²) < 4.78 is 5.23. The average molecular weight is 354 g/mol. The molecule has 1 aromatic heterocycles. The Morgan fingerprint density at radius 1 is 0.962 bits per heavy atom. The highest BCUT2D eigenvalue weighted by atomic mass is 16.5. The van der Waals surface area contributed by atoms with Crippen LogP contribution in [0.3, 0.4) is 0 Å². The molecule has 0 fully saturated rings. The number of esters is 1. The van der Waals surface area contributed by atoms with Crippen molar-refractivity contribution in [1.82, 2.24) is 9.97 Å². The van der Waals surface area contributed by atoms with Crippen molar-refractivity contribution in [3.63, 3.8) is 0 Å². The largest absolute Gasteiger partial charge is 0.462 e. The van der Waals surface area contributed by atoms with Crippen LogP contribution >= 0.6 is 0 Å². The second-order valence-electron chi connectivity index (χ2n) is 6.55. The van der Waals surface area contributed by atoms with Crippen LogP contribution in [0.15, 0.2) is 30.3 Å². The third-order valence-electron chi connectivity index (χ3n) is 4.42. The van der Waals surface area contributed by atoms with Crippen LogP contribution < -0.4 is 0 Å². The van der Waals surface area contributed by atoms with Crippen LogP contribution in [0.5, 0.6) is 0 Å². The maximum Gasteiger partial charge on any atom is 0.342 e. The number of nitrogens with zero attached hydrogens (tertiary/aromatic N) is 2. The van der Waals surface area contributed by atoms with Crippen LogP contribution in [0.25, 0.3) is 11.3 Å². The Kier molecular flexibility index (Phi) is 8.26. The highest BCUT2D eigenvalue weighted by Gasteiger charge is 2.20. The minimum atomic E-state index is -0.352. The van der Waals surface area contributed by atoms with Gasteiger partial charge in [0, 0.05) is 12.0 Å². The highest BCUT2D eigenvalue weighted by Crippen LogP contribution is 2.25. The van der Waals surface area contributed by atoms with Gasteiger partial charge in [-0.1, -0.05) is 69.4 Å². The minimum Gasteiger partial charge on any atom is -0.462 e. The van der Waals surface area contributed by atoms with Crippen molar-refractivity contribution < 1.29 is 9.53 Å². The molecule has 1 heterocycles. The highest BCUT2D eigenvalue weighted by molar-refractivity contribution is 5.97. The van der Waals surface area contributed by atoms with Crippen molar-refractivity contribution >= 4 is 5.97 Å². The zero-order valence-electron chi connectivity index (χ0n) is 16.3. The second-order valence-corrected chi connectivity index (χ2v) is 6.55. The van der Waals surface area contributed by atoms with Gasteiger partial charge in [-0.2, -0.15) is 0 Å². The fraction of sp³-hybridized carbons (Fsp3) is 0.500. The second kappa shape index (κ2) is 10.7. The van der Waals surface area contributed by atoms with Gasteiger partial charge in [0.2, 0.25) is 0 Å². The molecule has 0 aliphatic carbocycles. The lowest BCUT2D eigenvalue weighted by atomic mass is 10.0. The molecule has 0 aliphatic rings. The van der Waals surface area contributed by atoms with Gasteiger partial charge < -0.3 is 4.74 Å². The van der Waals surface area contributed by atoms with E-state index in [1.807, 2.05) is 44.2 Å². The standard InChI is InChI=1S/C22H30N2O2/c1-4-6-7-8-9-13-16-19-23-17(3)20(22(25)26-5-2)21(24-19)18-14-11-10-12-15-18/h10-12,14-15H,4-9,13,16H2,1-3H3. The number of ether oxygens (including phenoxy) is 1. The molecule has 0 N–H and O–H groups in total. The number of aryl methyl sites for hydroxylation is 2. The van der Waals surface area contributed by atoms with Gasteiger partial charge >= 0.3 is 5.97 Å². The summed E-state index contributed by atoms with van der Waals surface area (Å²) in [5, 5.41) is 0. The van der Waals surface area contributed by atoms with E-state index in [0.717, 1.165) is 24.2 Å². The molecule has 2 aromatic rings. The Hall–Kier alpha value is -2.23. The Morgan fingerprint density at radius 3 is 2.35 bits per heavy atom. The molecule has 0 saturated heterocycles. The Bertz CT molecular complexity index is 699. The molecule has 0 radical (unpaired) electrons. The molecule has 2 rings (SSSR count). The van der Waals surface area contributed by atoms with Gasteiger partial charge in [-0.05, 0) is 20.3 Å². The molecule has 0 spiro atoms. The van der Waals surface area contributed by atoms with Crippen LogP contribution in [0.4, 0.5) is 0 Å². The minimum absolute atomic E-state index is 0.339. The molecule has 0 atom stereocenters. The van der Waals surface area contributed by atoms with E-state index >= 15 is 0 Å². The molecular weight excluding hydrogens is 324 g/mol. The zero-order valence-corrected chi connectivity index (χ0v) is 16.3. The SMILES string of the molecule is CCCCCCCCc1nc(C)c(C(=O)OCC)c(-c2ccccc2)n1. The fourth-order valence-corrected chi connectivity index (χ4v) is 3.06. The lowest BCUT2D eigenvalue weighted by Gasteiger charge is -2.13. The lowest BCUT2D eigenvalue weighted by Crippen LogP contribution is -2.13. The quantitative estimate of drug-likeness (QED) is 0.416. The summed E-state index contributed by atoms with van der Waals surface area (Å²) in [6.07, 6.45) is 8.25. The van der Waals surface area contributed by atoms with Crippen molar-refractivity contribution in [2.75, 3.05) is 6.61 Å². The number of unbranched alkanes of at least 4 members (excludes halogenated alkanes) is 5. The van der Waals surface area contributed by atoms with E-state index in [2.05, 4.69) is 11.9 Å². The van der Waals surface area contributed by atoms with Gasteiger partial charge in [0.1, 0.15) is 11.4 Å². The van der Waals surface area contributed by atoms with Crippen LogP contribution in [0.1, 0.15) is 74.2 Å². The van der Waals surface area contributed by atoms with Gasteiger partial charge in [-0.15, -0.1) is 0 Å². The van der Waals surface area contributed by atoms with E-state index in [0.29, 0.717) is 23.6 Å². The number of benzene rings is 1. The molecule has 0 bridgehead atoms. The summed E-state index contributed by atoms with van der Waals surface area (Å²) in [5.41, 5.74) is 2.77. The average Bonchev–Trinajstić information content (AvgIpc) is 2.65. The summed E-state index contributed by atoms with van der Waals surface area (Å²) in [5.74, 6) is 0.458. The summed E-state index contributed by atoms with van der Waals surface area (Å²) in [7, 11) is 0. The van der Waals surface area contributed by atoms with Crippen LogP contribution in [0.2, 0.25) is 0 Å². The van der Waals surface area contributed by atoms with Crippen molar-refractivity contribution in [3.8, 4) is 11.3 Å². The molecular formula is C22H30N2O2. The molecule has 0 amide bonds. The third kappa shape index (κ3) is 5.65. The van der Waals surface area contributed by atoms with Gasteiger partial charge in [0.25, 0.3) is 0 Å². The van der Waals surface area contributed by atoms with E-state index < -0.39 is 0 Å². The number of carbonyl (C=O) groups is 1. The van der Waals surface area contributed by atoms with Crippen LogP contribution in [-0.2, 0) is 11.2 Å². The Morgan fingerprint density at radius 2 is 1.65 bits per heavy atom. The smallest absolute Gasteiger partial charge is 0.342 e. The predicted molar refractivity (Wildman–Crippen MR) is 105 cm³/mol. The van der Waals surface area contributed by atoms with E-state index in [4.69, 9.17) is 9.72 Å². The van der Waals surface area contributed by atoms with Crippen molar-refractivity contribution in [2.24, 2.45) is 0 Å². The van der Waals surface area contributed by atoms with Crippen LogP contribution in [-0.4, -0.2) is 22.5 Å². The first-order valence-electron chi connectivity index (χ1n) is 9.77. The van der Waals surface area contributed by atoms with Gasteiger partial charge in [-0.3, -0.25) is 0 Å². The lowest BCUT2D eigenvalue weighted by molar-refractivity contribution is 0.0525. The predicted octanol–water partition coefficient (Wildman–Crippen LogP) is 5.53. The molecule has 4 heteroatoms. The fourth-order valence-electron chi connectivity index (χ4n) is 3.06.